The predicted octanol–water partition coefficient (Wildman–Crippen LogP) is 3.35. The number of fused-ring (bicyclic) bond motifs is 1. The number of imidazole rings is 1. The average Bonchev–Trinajstić information content (AvgIpc) is 3.22. The summed E-state index contributed by atoms with van der Waals surface area (Å²) in [5.41, 5.74) is 2.03. The Morgan fingerprint density at radius 1 is 1.21 bits per heavy atom. The fraction of sp³-hybridized carbons (Fsp3) is 0.632. The number of amides is 1. The number of aromatic nitrogens is 3. The zero-order valence-electron chi connectivity index (χ0n) is 14.4. The van der Waals surface area contributed by atoms with E-state index >= 15 is 0 Å². The van der Waals surface area contributed by atoms with Gasteiger partial charge in [-0.05, 0) is 30.9 Å². The van der Waals surface area contributed by atoms with Crippen LogP contribution in [0, 0.1) is 5.92 Å². The van der Waals surface area contributed by atoms with Gasteiger partial charge in [0.25, 0.3) is 0 Å². The third-order valence-electron chi connectivity index (χ3n) is 5.74. The van der Waals surface area contributed by atoms with Gasteiger partial charge in [-0.2, -0.15) is 0 Å². The Balaban J connectivity index is 1.63. The molecule has 4 rings (SSSR count). The first-order valence-electron chi connectivity index (χ1n) is 9.29. The van der Waals surface area contributed by atoms with Gasteiger partial charge in [0, 0.05) is 38.7 Å². The molecule has 5 nitrogen and oxygen atoms in total. The van der Waals surface area contributed by atoms with E-state index in [2.05, 4.69) is 15.6 Å². The van der Waals surface area contributed by atoms with Crippen LogP contribution in [-0.2, 0) is 11.2 Å². The van der Waals surface area contributed by atoms with Crippen molar-refractivity contribution in [3.05, 3.63) is 24.2 Å². The lowest BCUT2D eigenvalue weighted by molar-refractivity contribution is -0.130. The van der Waals surface area contributed by atoms with Crippen LogP contribution in [0.3, 0.4) is 0 Å². The highest BCUT2D eigenvalue weighted by Gasteiger charge is 2.27. The fourth-order valence-electron chi connectivity index (χ4n) is 4.42. The topological polar surface area (TPSA) is 51.0 Å². The number of nitrogens with zero attached hydrogens (tertiary/aromatic N) is 4. The van der Waals surface area contributed by atoms with E-state index < -0.39 is 0 Å². The van der Waals surface area contributed by atoms with Gasteiger partial charge in [0.2, 0.25) is 5.91 Å². The molecule has 1 aliphatic heterocycles. The largest absolute Gasteiger partial charge is 0.343 e. The summed E-state index contributed by atoms with van der Waals surface area (Å²) in [7, 11) is 0. The van der Waals surface area contributed by atoms with Crippen LogP contribution in [0.2, 0.25) is 0 Å². The summed E-state index contributed by atoms with van der Waals surface area (Å²) >= 11 is 0. The molecule has 0 spiro atoms. The third-order valence-corrected chi connectivity index (χ3v) is 5.74. The fourth-order valence-corrected chi connectivity index (χ4v) is 4.42. The molecule has 0 radical (unpaired) electrons. The van der Waals surface area contributed by atoms with E-state index in [4.69, 9.17) is 4.98 Å². The summed E-state index contributed by atoms with van der Waals surface area (Å²) in [6.07, 6.45) is 10.3. The van der Waals surface area contributed by atoms with Gasteiger partial charge in [-0.25, -0.2) is 9.97 Å². The minimum atomic E-state index is 0.188. The number of pyridine rings is 1. The number of rotatable bonds is 3. The maximum atomic E-state index is 11.6. The van der Waals surface area contributed by atoms with Crippen molar-refractivity contribution >= 4 is 17.1 Å². The van der Waals surface area contributed by atoms with Crippen molar-refractivity contribution in [1.29, 1.82) is 0 Å². The highest BCUT2D eigenvalue weighted by Crippen LogP contribution is 2.32. The van der Waals surface area contributed by atoms with Gasteiger partial charge in [0.15, 0.2) is 5.65 Å². The van der Waals surface area contributed by atoms with Gasteiger partial charge < -0.3 is 9.47 Å². The van der Waals surface area contributed by atoms with E-state index in [0.717, 1.165) is 49.4 Å². The second kappa shape index (κ2) is 6.54. The summed E-state index contributed by atoms with van der Waals surface area (Å²) in [6, 6.07) is 4.45. The molecule has 24 heavy (non-hydrogen) atoms. The van der Waals surface area contributed by atoms with E-state index in [1.165, 1.54) is 31.5 Å². The van der Waals surface area contributed by atoms with Gasteiger partial charge in [-0.15, -0.1) is 0 Å². The molecule has 0 unspecified atom stereocenters. The number of hydrogen-bond donors (Lipinski definition) is 0. The zero-order valence-corrected chi connectivity index (χ0v) is 14.4. The minimum Gasteiger partial charge on any atom is -0.343 e. The Bertz CT molecular complexity index is 724. The highest BCUT2D eigenvalue weighted by molar-refractivity contribution is 5.73. The first kappa shape index (κ1) is 15.6. The molecule has 2 fully saturated rings. The van der Waals surface area contributed by atoms with Gasteiger partial charge in [-0.1, -0.05) is 25.7 Å². The molecule has 5 heteroatoms. The molecule has 2 aromatic rings. The highest BCUT2D eigenvalue weighted by atomic mass is 16.2. The second-order valence-corrected chi connectivity index (χ2v) is 7.34. The lowest BCUT2D eigenvalue weighted by Crippen LogP contribution is -2.38. The molecular weight excluding hydrogens is 300 g/mol. The average molecular weight is 326 g/mol. The molecule has 1 aliphatic carbocycles. The summed E-state index contributed by atoms with van der Waals surface area (Å²) in [5.74, 6) is 2.17. The Morgan fingerprint density at radius 3 is 2.67 bits per heavy atom. The van der Waals surface area contributed by atoms with E-state index in [0.29, 0.717) is 6.04 Å². The SMILES string of the molecule is CC(=O)N1CCC(n2c(CC3CCCC3)nc3cccnc32)CC1. The summed E-state index contributed by atoms with van der Waals surface area (Å²) in [5, 5.41) is 0. The Hall–Kier alpha value is -1.91. The van der Waals surface area contributed by atoms with Crippen LogP contribution < -0.4 is 0 Å². The second-order valence-electron chi connectivity index (χ2n) is 7.34. The van der Waals surface area contributed by atoms with Crippen molar-refractivity contribution in [2.75, 3.05) is 13.1 Å². The Kier molecular flexibility index (Phi) is 4.25. The van der Waals surface area contributed by atoms with Crippen LogP contribution in [0.1, 0.15) is 57.3 Å². The van der Waals surface area contributed by atoms with Crippen LogP contribution in [0.4, 0.5) is 0 Å². The molecule has 128 valence electrons. The maximum absolute atomic E-state index is 11.6. The van der Waals surface area contributed by atoms with Crippen LogP contribution in [-0.4, -0.2) is 38.4 Å². The Morgan fingerprint density at radius 2 is 1.96 bits per heavy atom. The molecule has 1 amide bonds. The number of hydrogen-bond acceptors (Lipinski definition) is 3. The number of piperidine rings is 1. The van der Waals surface area contributed by atoms with Crippen LogP contribution >= 0.6 is 0 Å². The molecule has 2 aliphatic rings. The summed E-state index contributed by atoms with van der Waals surface area (Å²) in [6.45, 7) is 3.35. The van der Waals surface area contributed by atoms with E-state index in [1.807, 2.05) is 17.2 Å². The van der Waals surface area contributed by atoms with Crippen LogP contribution in [0.5, 0.6) is 0 Å². The smallest absolute Gasteiger partial charge is 0.219 e. The summed E-state index contributed by atoms with van der Waals surface area (Å²) in [4.78, 5) is 23.1. The first-order chi connectivity index (χ1) is 11.7. The van der Waals surface area contributed by atoms with Crippen molar-refractivity contribution < 1.29 is 4.79 Å². The maximum Gasteiger partial charge on any atom is 0.219 e. The molecular formula is C19H26N4O. The van der Waals surface area contributed by atoms with Crippen LogP contribution in [0.25, 0.3) is 11.2 Å². The first-order valence-corrected chi connectivity index (χ1v) is 9.29. The molecule has 0 atom stereocenters. The molecule has 0 N–H and O–H groups in total. The van der Waals surface area contributed by atoms with Gasteiger partial charge >= 0.3 is 0 Å². The lowest BCUT2D eigenvalue weighted by Gasteiger charge is -2.33. The standard InChI is InChI=1S/C19H26N4O/c1-14(24)22-11-8-16(9-12-22)23-18(13-15-5-2-3-6-15)21-17-7-4-10-20-19(17)23/h4,7,10,15-16H,2-3,5-6,8-9,11-13H2,1H3. The molecule has 1 saturated heterocycles. The number of carbonyl (C=O) groups excluding carboxylic acids is 1. The van der Waals surface area contributed by atoms with Gasteiger partial charge in [0.05, 0.1) is 0 Å². The minimum absolute atomic E-state index is 0.188. The molecule has 3 heterocycles. The summed E-state index contributed by atoms with van der Waals surface area (Å²) < 4.78 is 2.39. The predicted molar refractivity (Wildman–Crippen MR) is 93.7 cm³/mol. The van der Waals surface area contributed by atoms with Crippen molar-refractivity contribution in [2.24, 2.45) is 5.92 Å². The lowest BCUT2D eigenvalue weighted by atomic mass is 10.0. The number of likely N-dealkylation sites (tertiary alicyclic amines) is 1. The molecule has 2 aromatic heterocycles. The van der Waals surface area contributed by atoms with Crippen molar-refractivity contribution in [1.82, 2.24) is 19.4 Å². The normalized spacial score (nSPS) is 20.1. The zero-order chi connectivity index (χ0) is 16.5. The van der Waals surface area contributed by atoms with Crippen molar-refractivity contribution in [3.8, 4) is 0 Å². The number of carbonyl (C=O) groups is 1. The van der Waals surface area contributed by atoms with E-state index in [9.17, 15) is 4.79 Å². The van der Waals surface area contributed by atoms with E-state index in [-0.39, 0.29) is 5.91 Å². The quantitative estimate of drug-likeness (QED) is 0.869. The van der Waals surface area contributed by atoms with Gasteiger partial charge in [-0.3, -0.25) is 4.79 Å². The molecule has 0 bridgehead atoms. The molecule has 1 saturated carbocycles. The molecule has 0 aromatic carbocycles. The Labute approximate surface area is 143 Å². The van der Waals surface area contributed by atoms with Gasteiger partial charge in [0.1, 0.15) is 11.3 Å². The van der Waals surface area contributed by atoms with E-state index in [1.54, 1.807) is 6.92 Å². The third kappa shape index (κ3) is 2.92. The van der Waals surface area contributed by atoms with Crippen molar-refractivity contribution in [2.45, 2.75) is 57.9 Å². The van der Waals surface area contributed by atoms with Crippen molar-refractivity contribution in [3.63, 3.8) is 0 Å². The van der Waals surface area contributed by atoms with Crippen LogP contribution in [0.15, 0.2) is 18.3 Å². The monoisotopic (exact) mass is 326 g/mol.